The van der Waals surface area contributed by atoms with E-state index < -0.39 is 17.6 Å². The van der Waals surface area contributed by atoms with Gasteiger partial charge in [0.1, 0.15) is 5.57 Å². The summed E-state index contributed by atoms with van der Waals surface area (Å²) >= 11 is 8.13. The lowest BCUT2D eigenvalue weighted by Gasteiger charge is -2.27. The second-order valence-electron chi connectivity index (χ2n) is 4.35. The quantitative estimate of drug-likeness (QED) is 0.243. The number of hydrogen-bond donors (Lipinski definition) is 3. The Kier molecular flexibility index (Phi) is 4.62. The van der Waals surface area contributed by atoms with Gasteiger partial charge < -0.3 is 10.2 Å². The van der Waals surface area contributed by atoms with E-state index in [4.69, 9.17) is 12.2 Å². The molecule has 8 heteroatoms. The van der Waals surface area contributed by atoms with Crippen LogP contribution < -0.4 is 5.32 Å². The van der Waals surface area contributed by atoms with E-state index in [2.05, 4.69) is 27.8 Å². The molecule has 0 aliphatic carbocycles. The summed E-state index contributed by atoms with van der Waals surface area (Å²) in [6.45, 7) is 3.67. The molecule has 22 heavy (non-hydrogen) atoms. The molecule has 0 saturated carbocycles. The van der Waals surface area contributed by atoms with Gasteiger partial charge in [0.05, 0.1) is 0 Å². The highest BCUT2D eigenvalue weighted by Crippen LogP contribution is 2.36. The van der Waals surface area contributed by atoms with Crippen molar-refractivity contribution in [3.05, 3.63) is 40.4 Å². The van der Waals surface area contributed by atoms with E-state index in [0.29, 0.717) is 4.47 Å². The van der Waals surface area contributed by atoms with Crippen molar-refractivity contribution in [3.63, 3.8) is 0 Å². The Morgan fingerprint density at radius 2 is 2.05 bits per heavy atom. The van der Waals surface area contributed by atoms with Gasteiger partial charge in [0.15, 0.2) is 16.6 Å². The van der Waals surface area contributed by atoms with E-state index in [-0.39, 0.29) is 28.5 Å². The fourth-order valence-electron chi connectivity index (χ4n) is 1.84. The molecular formula is C14H11BrN2O4S. The highest BCUT2D eigenvalue weighted by atomic mass is 79.9. The number of halogens is 1. The monoisotopic (exact) mass is 382 g/mol. The molecule has 1 fully saturated rings. The van der Waals surface area contributed by atoms with E-state index in [1.807, 2.05) is 0 Å². The molecule has 0 aromatic heterocycles. The minimum absolute atomic E-state index is 0.00811. The Morgan fingerprint density at radius 1 is 1.36 bits per heavy atom. The third-order valence-corrected chi connectivity index (χ3v) is 3.94. The molecule has 0 bridgehead atoms. The minimum atomic E-state index is -0.676. The minimum Gasteiger partial charge on any atom is -0.504 e. The topological polar surface area (TPSA) is 89.9 Å². The summed E-state index contributed by atoms with van der Waals surface area (Å²) < 4.78 is 0.416. The lowest BCUT2D eigenvalue weighted by molar-refractivity contribution is -0.128. The van der Waals surface area contributed by atoms with Gasteiger partial charge in [0, 0.05) is 16.6 Å². The van der Waals surface area contributed by atoms with Gasteiger partial charge in [-0.1, -0.05) is 22.0 Å². The third-order valence-electron chi connectivity index (χ3n) is 2.93. The Bertz CT molecular complexity index is 730. The van der Waals surface area contributed by atoms with Crippen molar-refractivity contribution in [2.75, 3.05) is 6.54 Å². The lowest BCUT2D eigenvalue weighted by atomic mass is 10.1. The van der Waals surface area contributed by atoms with Crippen LogP contribution in [-0.4, -0.2) is 38.6 Å². The molecule has 2 rings (SSSR count). The molecular weight excluding hydrogens is 372 g/mol. The SMILES string of the molecule is C=CCN1C(=O)/C(=C/c2c(Br)ccc(O)c2O)C(=O)NC1=S. The number of nitrogens with zero attached hydrogens (tertiary/aromatic N) is 1. The fourth-order valence-corrected chi connectivity index (χ4v) is 2.53. The summed E-state index contributed by atoms with van der Waals surface area (Å²) in [7, 11) is 0. The average molecular weight is 383 g/mol. The van der Waals surface area contributed by atoms with Crippen LogP contribution in [0.15, 0.2) is 34.8 Å². The second-order valence-corrected chi connectivity index (χ2v) is 5.59. The van der Waals surface area contributed by atoms with Crippen LogP contribution in [0.2, 0.25) is 0 Å². The van der Waals surface area contributed by atoms with Crippen molar-refractivity contribution in [2.45, 2.75) is 0 Å². The van der Waals surface area contributed by atoms with E-state index in [9.17, 15) is 19.8 Å². The van der Waals surface area contributed by atoms with E-state index >= 15 is 0 Å². The third kappa shape index (κ3) is 2.88. The number of benzene rings is 1. The van der Waals surface area contributed by atoms with Gasteiger partial charge in [-0.05, 0) is 30.4 Å². The summed E-state index contributed by atoms with van der Waals surface area (Å²) in [6.07, 6.45) is 2.66. The number of phenolic OH excluding ortho intramolecular Hbond substituents is 2. The molecule has 0 atom stereocenters. The number of carbonyl (C=O) groups is 2. The number of rotatable bonds is 3. The molecule has 0 unspecified atom stereocenters. The number of thiocarbonyl (C=S) groups is 1. The van der Waals surface area contributed by atoms with Crippen molar-refractivity contribution in [1.82, 2.24) is 10.2 Å². The zero-order valence-electron chi connectivity index (χ0n) is 11.2. The molecule has 0 radical (unpaired) electrons. The van der Waals surface area contributed by atoms with E-state index in [1.165, 1.54) is 29.2 Å². The van der Waals surface area contributed by atoms with E-state index in [1.54, 1.807) is 0 Å². The van der Waals surface area contributed by atoms with Crippen LogP contribution in [0.25, 0.3) is 6.08 Å². The predicted molar refractivity (Wildman–Crippen MR) is 88.1 cm³/mol. The summed E-state index contributed by atoms with van der Waals surface area (Å²) in [6, 6.07) is 2.77. The van der Waals surface area contributed by atoms with Gasteiger partial charge in [-0.3, -0.25) is 19.8 Å². The molecule has 1 heterocycles. The molecule has 114 valence electrons. The number of amides is 2. The first-order valence-electron chi connectivity index (χ1n) is 6.07. The predicted octanol–water partition coefficient (Wildman–Crippen LogP) is 1.67. The van der Waals surface area contributed by atoms with Gasteiger partial charge >= 0.3 is 0 Å². The maximum absolute atomic E-state index is 12.4. The molecule has 1 aromatic rings. The van der Waals surface area contributed by atoms with Crippen LogP contribution in [0, 0.1) is 0 Å². The van der Waals surface area contributed by atoms with Gasteiger partial charge in [0.2, 0.25) is 0 Å². The van der Waals surface area contributed by atoms with Crippen LogP contribution >= 0.6 is 28.1 Å². The van der Waals surface area contributed by atoms with Crippen LogP contribution in [-0.2, 0) is 9.59 Å². The Morgan fingerprint density at radius 3 is 2.68 bits per heavy atom. The van der Waals surface area contributed by atoms with Gasteiger partial charge in [-0.2, -0.15) is 0 Å². The fraction of sp³-hybridized carbons (Fsp3) is 0.0714. The molecule has 1 aromatic carbocycles. The van der Waals surface area contributed by atoms with E-state index in [0.717, 1.165) is 0 Å². The summed E-state index contributed by atoms with van der Waals surface area (Å²) in [5.74, 6) is -2.09. The molecule has 1 aliphatic heterocycles. The van der Waals surface area contributed by atoms with Crippen molar-refractivity contribution in [2.24, 2.45) is 0 Å². The first kappa shape index (κ1) is 16.2. The molecule has 2 amide bonds. The zero-order chi connectivity index (χ0) is 16.4. The summed E-state index contributed by atoms with van der Waals surface area (Å²) in [4.78, 5) is 25.5. The molecule has 1 aliphatic rings. The highest BCUT2D eigenvalue weighted by molar-refractivity contribution is 9.10. The van der Waals surface area contributed by atoms with Gasteiger partial charge in [0.25, 0.3) is 11.8 Å². The molecule has 0 spiro atoms. The van der Waals surface area contributed by atoms with Crippen LogP contribution in [0.3, 0.4) is 0 Å². The number of aromatic hydroxyl groups is 2. The number of carbonyl (C=O) groups excluding carboxylic acids is 2. The van der Waals surface area contributed by atoms with Crippen molar-refractivity contribution in [1.29, 1.82) is 0 Å². The average Bonchev–Trinajstić information content (AvgIpc) is 2.46. The normalized spacial score (nSPS) is 16.9. The number of nitrogens with one attached hydrogen (secondary N) is 1. The second kappa shape index (κ2) is 6.29. The first-order valence-corrected chi connectivity index (χ1v) is 7.27. The Labute approximate surface area is 139 Å². The van der Waals surface area contributed by atoms with Crippen molar-refractivity contribution < 1.29 is 19.8 Å². The Balaban J connectivity index is 2.53. The maximum atomic E-state index is 12.4. The zero-order valence-corrected chi connectivity index (χ0v) is 13.6. The van der Waals surface area contributed by atoms with Gasteiger partial charge in [-0.25, -0.2) is 0 Å². The largest absolute Gasteiger partial charge is 0.504 e. The lowest BCUT2D eigenvalue weighted by Crippen LogP contribution is -2.53. The molecule has 6 nitrogen and oxygen atoms in total. The van der Waals surface area contributed by atoms with Crippen molar-refractivity contribution >= 4 is 51.2 Å². The van der Waals surface area contributed by atoms with Gasteiger partial charge in [-0.15, -0.1) is 6.58 Å². The smallest absolute Gasteiger partial charge is 0.265 e. The number of hydrogen-bond acceptors (Lipinski definition) is 5. The molecule has 1 saturated heterocycles. The van der Waals surface area contributed by atoms with Crippen LogP contribution in [0.1, 0.15) is 5.56 Å². The van der Waals surface area contributed by atoms with Crippen LogP contribution in [0.4, 0.5) is 0 Å². The first-order chi connectivity index (χ1) is 10.4. The highest BCUT2D eigenvalue weighted by Gasteiger charge is 2.33. The Hall–Kier alpha value is -2.19. The van der Waals surface area contributed by atoms with Crippen molar-refractivity contribution in [3.8, 4) is 11.5 Å². The number of phenols is 2. The maximum Gasteiger partial charge on any atom is 0.265 e. The summed E-state index contributed by atoms with van der Waals surface area (Å²) in [5.41, 5.74) is -0.0954. The standard InChI is InChI=1S/C14H11BrN2O4S/c1-2-5-17-13(21)8(12(20)16-14(17)22)6-7-9(15)3-4-10(18)11(7)19/h2-4,6,18-19H,1,5H2,(H,16,20,22)/b8-6+. The summed E-state index contributed by atoms with van der Waals surface area (Å²) in [5, 5.41) is 21.8. The molecule has 3 N–H and O–H groups in total. The van der Waals surface area contributed by atoms with Crippen LogP contribution in [0.5, 0.6) is 11.5 Å².